The Hall–Kier alpha value is -2.43. The standard InChI is InChI=1S/C31H42N2O2/c1-7-25-19-33(26-14-16-31(5,6)35-21-26)18-15-27(25)24(4)23(3)20-34-30-22(2)11-10-12-28(30)29-13-8-9-17-32-29/h7-9,12-13,17,26H,1,10-11,14-16,18-21H2,2-6H3/b24-23+. The summed E-state index contributed by atoms with van der Waals surface area (Å²) >= 11 is 0. The summed E-state index contributed by atoms with van der Waals surface area (Å²) in [6, 6.07) is 6.56. The monoisotopic (exact) mass is 474 g/mol. The van der Waals surface area contributed by atoms with Crippen molar-refractivity contribution in [2.45, 2.75) is 78.4 Å². The molecular formula is C31H42N2O2. The third-order valence-electron chi connectivity index (χ3n) is 7.89. The number of pyridine rings is 1. The molecule has 1 saturated heterocycles. The zero-order valence-corrected chi connectivity index (χ0v) is 22.3. The summed E-state index contributed by atoms with van der Waals surface area (Å²) in [6.07, 6.45) is 11.6. The highest BCUT2D eigenvalue weighted by molar-refractivity contribution is 5.77. The molecule has 0 radical (unpaired) electrons. The van der Waals surface area contributed by atoms with Crippen LogP contribution in [0.15, 0.2) is 76.8 Å². The molecule has 1 fully saturated rings. The van der Waals surface area contributed by atoms with Crippen LogP contribution in [-0.4, -0.2) is 47.8 Å². The Morgan fingerprint density at radius 3 is 2.80 bits per heavy atom. The Kier molecular flexibility index (Phi) is 8.13. The number of nitrogens with zero attached hydrogens (tertiary/aromatic N) is 2. The minimum absolute atomic E-state index is 0.0166. The van der Waals surface area contributed by atoms with Gasteiger partial charge in [0.15, 0.2) is 0 Å². The Balaban J connectivity index is 1.46. The molecule has 3 aliphatic rings. The SMILES string of the molecule is C=CC1=C(/C(C)=C(\C)COC2=C(C)CCC=C2c2ccccn2)CCN(C2CCC(C)(C)OC2)C1. The first-order valence-electron chi connectivity index (χ1n) is 13.1. The summed E-state index contributed by atoms with van der Waals surface area (Å²) in [7, 11) is 0. The molecule has 4 heteroatoms. The summed E-state index contributed by atoms with van der Waals surface area (Å²) in [5.41, 5.74) is 8.83. The van der Waals surface area contributed by atoms with Gasteiger partial charge in [0.25, 0.3) is 0 Å². The van der Waals surface area contributed by atoms with Crippen LogP contribution in [0.5, 0.6) is 0 Å². The number of rotatable bonds is 7. The molecule has 0 saturated carbocycles. The molecule has 0 N–H and O–H groups in total. The molecular weight excluding hydrogens is 432 g/mol. The fourth-order valence-corrected chi connectivity index (χ4v) is 5.38. The third-order valence-corrected chi connectivity index (χ3v) is 7.89. The van der Waals surface area contributed by atoms with E-state index in [0.29, 0.717) is 12.6 Å². The van der Waals surface area contributed by atoms with Crippen molar-refractivity contribution < 1.29 is 9.47 Å². The maximum absolute atomic E-state index is 6.48. The van der Waals surface area contributed by atoms with Crippen LogP contribution in [0.1, 0.15) is 72.4 Å². The molecule has 0 amide bonds. The van der Waals surface area contributed by atoms with E-state index >= 15 is 0 Å². The van der Waals surface area contributed by atoms with E-state index in [-0.39, 0.29) is 5.60 Å². The van der Waals surface area contributed by atoms with Crippen LogP contribution in [0.4, 0.5) is 0 Å². The summed E-state index contributed by atoms with van der Waals surface area (Å²) in [4.78, 5) is 7.16. The van der Waals surface area contributed by atoms with E-state index in [9.17, 15) is 0 Å². The van der Waals surface area contributed by atoms with Gasteiger partial charge in [-0.2, -0.15) is 0 Å². The minimum atomic E-state index is 0.0166. The normalized spacial score (nSPS) is 24.1. The molecule has 0 aromatic carbocycles. The minimum Gasteiger partial charge on any atom is -0.489 e. The Bertz CT molecular complexity index is 1050. The van der Waals surface area contributed by atoms with Crippen molar-refractivity contribution >= 4 is 5.57 Å². The number of aromatic nitrogens is 1. The average Bonchev–Trinajstić information content (AvgIpc) is 2.87. The Labute approximate surface area is 212 Å². The topological polar surface area (TPSA) is 34.6 Å². The second kappa shape index (κ2) is 11.1. The van der Waals surface area contributed by atoms with Crippen LogP contribution >= 0.6 is 0 Å². The predicted octanol–water partition coefficient (Wildman–Crippen LogP) is 7.03. The maximum Gasteiger partial charge on any atom is 0.127 e. The van der Waals surface area contributed by atoms with Crippen molar-refractivity contribution in [1.82, 2.24) is 9.88 Å². The molecule has 2 aliphatic heterocycles. The van der Waals surface area contributed by atoms with Gasteiger partial charge in [0, 0.05) is 30.9 Å². The number of hydrogen-bond donors (Lipinski definition) is 0. The number of ether oxygens (including phenoxy) is 2. The zero-order valence-electron chi connectivity index (χ0n) is 22.3. The van der Waals surface area contributed by atoms with Gasteiger partial charge >= 0.3 is 0 Å². The molecule has 188 valence electrons. The van der Waals surface area contributed by atoms with Crippen LogP contribution in [0.2, 0.25) is 0 Å². The lowest BCUT2D eigenvalue weighted by molar-refractivity contribution is -0.0877. The first kappa shape index (κ1) is 25.7. The highest BCUT2D eigenvalue weighted by Crippen LogP contribution is 2.34. The average molecular weight is 475 g/mol. The molecule has 3 heterocycles. The molecule has 1 aliphatic carbocycles. The lowest BCUT2D eigenvalue weighted by atomic mass is 9.89. The molecule has 1 atom stereocenters. The molecule has 1 aromatic rings. The first-order valence-corrected chi connectivity index (χ1v) is 13.1. The molecule has 4 rings (SSSR count). The first-order chi connectivity index (χ1) is 16.8. The highest BCUT2D eigenvalue weighted by atomic mass is 16.5. The third kappa shape index (κ3) is 6.05. The van der Waals surface area contributed by atoms with Crippen LogP contribution in [0.25, 0.3) is 5.57 Å². The van der Waals surface area contributed by atoms with Gasteiger partial charge in [0.05, 0.1) is 17.9 Å². The quantitative estimate of drug-likeness (QED) is 0.425. The van der Waals surface area contributed by atoms with E-state index in [1.165, 1.54) is 34.3 Å². The number of allylic oxidation sites excluding steroid dienone is 4. The van der Waals surface area contributed by atoms with Gasteiger partial charge in [-0.3, -0.25) is 9.88 Å². The molecule has 0 spiro atoms. The lowest BCUT2D eigenvalue weighted by Gasteiger charge is -2.42. The molecule has 1 aromatic heterocycles. The van der Waals surface area contributed by atoms with Gasteiger partial charge in [0.1, 0.15) is 12.4 Å². The fraction of sp³-hybridized carbons (Fsp3) is 0.516. The van der Waals surface area contributed by atoms with Crippen molar-refractivity contribution in [2.75, 3.05) is 26.3 Å². The lowest BCUT2D eigenvalue weighted by Crippen LogP contribution is -2.48. The van der Waals surface area contributed by atoms with Gasteiger partial charge in [-0.25, -0.2) is 0 Å². The summed E-state index contributed by atoms with van der Waals surface area (Å²) < 4.78 is 12.6. The van der Waals surface area contributed by atoms with E-state index < -0.39 is 0 Å². The summed E-state index contributed by atoms with van der Waals surface area (Å²) in [6.45, 7) is 18.6. The van der Waals surface area contributed by atoms with E-state index in [0.717, 1.165) is 62.4 Å². The second-order valence-corrected chi connectivity index (χ2v) is 10.9. The maximum atomic E-state index is 6.48. The van der Waals surface area contributed by atoms with Crippen molar-refractivity contribution in [2.24, 2.45) is 0 Å². The van der Waals surface area contributed by atoms with Gasteiger partial charge in [0.2, 0.25) is 0 Å². The van der Waals surface area contributed by atoms with E-state index in [4.69, 9.17) is 9.47 Å². The summed E-state index contributed by atoms with van der Waals surface area (Å²) in [5, 5.41) is 0. The Morgan fingerprint density at radius 2 is 2.11 bits per heavy atom. The van der Waals surface area contributed by atoms with Crippen LogP contribution < -0.4 is 0 Å². The largest absolute Gasteiger partial charge is 0.489 e. The van der Waals surface area contributed by atoms with Crippen molar-refractivity contribution in [3.8, 4) is 0 Å². The molecule has 1 unspecified atom stereocenters. The predicted molar refractivity (Wildman–Crippen MR) is 145 cm³/mol. The van der Waals surface area contributed by atoms with Crippen LogP contribution in [0, 0.1) is 0 Å². The highest BCUT2D eigenvalue weighted by Gasteiger charge is 2.32. The molecule has 4 nitrogen and oxygen atoms in total. The van der Waals surface area contributed by atoms with E-state index in [1.807, 2.05) is 18.3 Å². The smallest absolute Gasteiger partial charge is 0.127 e. The summed E-state index contributed by atoms with van der Waals surface area (Å²) in [5.74, 6) is 0.995. The molecule has 35 heavy (non-hydrogen) atoms. The van der Waals surface area contributed by atoms with Gasteiger partial charge < -0.3 is 9.47 Å². The van der Waals surface area contributed by atoms with Gasteiger partial charge in [-0.05, 0) is 107 Å². The Morgan fingerprint density at radius 1 is 1.29 bits per heavy atom. The van der Waals surface area contributed by atoms with Crippen LogP contribution in [-0.2, 0) is 9.47 Å². The van der Waals surface area contributed by atoms with E-state index in [1.54, 1.807) is 0 Å². The van der Waals surface area contributed by atoms with Crippen LogP contribution in [0.3, 0.4) is 0 Å². The van der Waals surface area contributed by atoms with E-state index in [2.05, 4.69) is 69.3 Å². The van der Waals surface area contributed by atoms with Crippen molar-refractivity contribution in [1.29, 1.82) is 0 Å². The van der Waals surface area contributed by atoms with Crippen molar-refractivity contribution in [3.63, 3.8) is 0 Å². The fourth-order valence-electron chi connectivity index (χ4n) is 5.38. The zero-order chi connectivity index (χ0) is 25.0. The molecule has 0 bridgehead atoms. The van der Waals surface area contributed by atoms with Crippen molar-refractivity contribution in [3.05, 3.63) is 82.4 Å². The second-order valence-electron chi connectivity index (χ2n) is 10.9. The van der Waals surface area contributed by atoms with Gasteiger partial charge in [-0.15, -0.1) is 0 Å². The van der Waals surface area contributed by atoms with Gasteiger partial charge in [-0.1, -0.05) is 24.8 Å². The number of hydrogen-bond acceptors (Lipinski definition) is 4.